The number of epoxide rings is 1. The summed E-state index contributed by atoms with van der Waals surface area (Å²) in [5, 5.41) is 12.3. The van der Waals surface area contributed by atoms with Gasteiger partial charge in [0.1, 0.15) is 41.3 Å². The van der Waals surface area contributed by atoms with E-state index in [0.717, 1.165) is 28.7 Å². The standard InChI is InChI=1S/C45H59ClN2O10/c1-25(2)17-31-15-16-32(21-34(31)54-10)42(51)47(8)29(6)43(52)57-37-22-38(49)48(9)33-20-30(19-27(4)40(33)46)18-26(3)13-12-14-36(55-11)45(53)23-35(56-39(50)24-45)28(5)41-44(37,7)58-41/h12-16,19-21,25,28-29,35-37,41,53H,17-18,22-24H2,1-11H3/b14-12+,26-13+/t28-,29+,35+,36-,37+,41+,44+,45-/m1/s1. The lowest BCUT2D eigenvalue weighted by Gasteiger charge is -2.41. The predicted octanol–water partition coefficient (Wildman–Crippen LogP) is 6.58. The van der Waals surface area contributed by atoms with Gasteiger partial charge in [0.25, 0.3) is 5.91 Å². The quantitative estimate of drug-likeness (QED) is 0.229. The number of rotatable bonds is 8. The Balaban J connectivity index is 1.48. The fourth-order valence-electron chi connectivity index (χ4n) is 8.16. The summed E-state index contributed by atoms with van der Waals surface area (Å²) in [5.41, 5.74) is 1.72. The van der Waals surface area contributed by atoms with E-state index < -0.39 is 65.4 Å². The summed E-state index contributed by atoms with van der Waals surface area (Å²) in [6.45, 7) is 13.2. The van der Waals surface area contributed by atoms with Crippen molar-refractivity contribution in [3.8, 4) is 5.75 Å². The van der Waals surface area contributed by atoms with Gasteiger partial charge in [0.15, 0.2) is 0 Å². The molecular weight excluding hydrogens is 764 g/mol. The van der Waals surface area contributed by atoms with Crippen LogP contribution < -0.4 is 9.64 Å². The summed E-state index contributed by atoms with van der Waals surface area (Å²) in [7, 11) is 6.18. The lowest BCUT2D eigenvalue weighted by atomic mass is 9.78. The van der Waals surface area contributed by atoms with Gasteiger partial charge in [-0.3, -0.25) is 14.4 Å². The number of aryl methyl sites for hydroxylation is 1. The monoisotopic (exact) mass is 822 g/mol. The SMILES string of the molecule is COc1cc(C(=O)N(C)[C@@H](C)C(=O)O[C@H]2CC(=O)N(C)c3cc(cc(C)c3Cl)C/C(C)=C/C=C/[C@@H](OC)[C@]3(O)CC(=O)O[C@@H](C3)[C@@H](C)[C@@H]3O[C@@]23C)ccc1CC(C)C. The number of fused-ring (bicyclic) bond motifs is 5. The summed E-state index contributed by atoms with van der Waals surface area (Å²) in [4.78, 5) is 57.8. The van der Waals surface area contributed by atoms with Crippen LogP contribution >= 0.6 is 11.6 Å². The summed E-state index contributed by atoms with van der Waals surface area (Å²) in [6.07, 6.45) is 2.89. The van der Waals surface area contributed by atoms with E-state index in [2.05, 4.69) is 13.8 Å². The molecule has 3 heterocycles. The summed E-state index contributed by atoms with van der Waals surface area (Å²) in [6, 6.07) is 8.02. The number of allylic oxidation sites excluding steroid dienone is 3. The Kier molecular flexibility index (Phi) is 13.9. The number of methoxy groups -OCH3 is 2. The van der Waals surface area contributed by atoms with Crippen molar-refractivity contribution in [1.29, 1.82) is 0 Å². The van der Waals surface area contributed by atoms with E-state index in [4.69, 9.17) is 35.3 Å². The topological polar surface area (TPSA) is 144 Å². The highest BCUT2D eigenvalue weighted by Crippen LogP contribution is 2.49. The van der Waals surface area contributed by atoms with E-state index in [0.29, 0.717) is 34.4 Å². The van der Waals surface area contributed by atoms with Gasteiger partial charge < -0.3 is 38.6 Å². The van der Waals surface area contributed by atoms with Crippen LogP contribution in [0.1, 0.15) is 87.9 Å². The van der Waals surface area contributed by atoms with Crippen molar-refractivity contribution in [3.63, 3.8) is 0 Å². The van der Waals surface area contributed by atoms with Crippen LogP contribution in [0.5, 0.6) is 5.75 Å². The number of ether oxygens (including phenoxy) is 5. The van der Waals surface area contributed by atoms with E-state index in [1.54, 1.807) is 52.3 Å². The predicted molar refractivity (Wildman–Crippen MR) is 221 cm³/mol. The number of halogens is 1. The highest BCUT2D eigenvalue weighted by molar-refractivity contribution is 6.34. The van der Waals surface area contributed by atoms with Crippen LogP contribution in [0.15, 0.2) is 54.1 Å². The molecule has 3 aliphatic rings. The molecule has 8 atom stereocenters. The summed E-state index contributed by atoms with van der Waals surface area (Å²) < 4.78 is 29.7. The molecule has 0 unspecified atom stereocenters. The van der Waals surface area contributed by atoms with Crippen molar-refractivity contribution < 1.29 is 48.0 Å². The Morgan fingerprint density at radius 2 is 1.83 bits per heavy atom. The molecule has 0 radical (unpaired) electrons. The molecule has 1 N–H and O–H groups in total. The molecule has 0 aliphatic carbocycles. The second-order valence-corrected chi connectivity index (χ2v) is 17.2. The third-order valence-corrected chi connectivity index (χ3v) is 12.4. The smallest absolute Gasteiger partial charge is 0.328 e. The van der Waals surface area contributed by atoms with Crippen LogP contribution in [0.4, 0.5) is 5.69 Å². The number of likely N-dealkylation sites (N-methyl/N-ethyl adjacent to an activating group) is 1. The van der Waals surface area contributed by atoms with E-state index in [1.807, 2.05) is 45.0 Å². The lowest BCUT2D eigenvalue weighted by Crippen LogP contribution is -2.53. The number of hydrogen-bond acceptors (Lipinski definition) is 10. The Hall–Kier alpha value is -4.23. The molecule has 0 spiro atoms. The fraction of sp³-hybridized carbons (Fsp3) is 0.556. The van der Waals surface area contributed by atoms with Crippen LogP contribution in [0.3, 0.4) is 0 Å². The maximum absolute atomic E-state index is 14.3. The molecule has 2 amide bonds. The van der Waals surface area contributed by atoms with Crippen LogP contribution in [0.25, 0.3) is 0 Å². The molecule has 2 aromatic carbocycles. The average molecular weight is 823 g/mol. The number of carbonyl (C=O) groups excluding carboxylic acids is 4. The van der Waals surface area contributed by atoms with Gasteiger partial charge >= 0.3 is 11.9 Å². The van der Waals surface area contributed by atoms with Gasteiger partial charge in [0, 0.05) is 39.1 Å². The summed E-state index contributed by atoms with van der Waals surface area (Å²) >= 11 is 6.82. The van der Waals surface area contributed by atoms with Gasteiger partial charge in [0.2, 0.25) is 5.91 Å². The van der Waals surface area contributed by atoms with E-state index in [1.165, 1.54) is 24.0 Å². The molecule has 2 saturated heterocycles. The Morgan fingerprint density at radius 1 is 1.12 bits per heavy atom. The largest absolute Gasteiger partial charge is 0.496 e. The van der Waals surface area contributed by atoms with Gasteiger partial charge in [-0.15, -0.1) is 0 Å². The van der Waals surface area contributed by atoms with Gasteiger partial charge in [-0.25, -0.2) is 4.79 Å². The molecule has 2 fully saturated rings. The van der Waals surface area contributed by atoms with Crippen LogP contribution in [0.2, 0.25) is 5.02 Å². The van der Waals surface area contributed by atoms with Gasteiger partial charge in [-0.2, -0.15) is 0 Å². The second-order valence-electron chi connectivity index (χ2n) is 16.9. The molecule has 5 rings (SSSR count). The molecule has 316 valence electrons. The zero-order chi connectivity index (χ0) is 42.9. The molecule has 0 aromatic heterocycles. The van der Waals surface area contributed by atoms with Crippen molar-refractivity contribution in [3.05, 3.63) is 81.4 Å². The fourth-order valence-corrected chi connectivity index (χ4v) is 8.39. The number of carbonyl (C=O) groups is 4. The zero-order valence-electron chi connectivity index (χ0n) is 35.6. The molecule has 4 bridgehead atoms. The highest BCUT2D eigenvalue weighted by Gasteiger charge is 2.64. The summed E-state index contributed by atoms with van der Waals surface area (Å²) in [5.74, 6) is -1.66. The molecule has 0 saturated carbocycles. The van der Waals surface area contributed by atoms with Gasteiger partial charge in [-0.1, -0.05) is 68.3 Å². The number of aliphatic hydroxyl groups is 1. The molecule has 58 heavy (non-hydrogen) atoms. The minimum atomic E-state index is -1.58. The van der Waals surface area contributed by atoms with Crippen molar-refractivity contribution in [2.24, 2.45) is 11.8 Å². The van der Waals surface area contributed by atoms with Crippen molar-refractivity contribution >= 4 is 41.0 Å². The Bertz CT molecular complexity index is 1960. The van der Waals surface area contributed by atoms with Crippen LogP contribution in [0, 0.1) is 18.8 Å². The number of benzene rings is 2. The van der Waals surface area contributed by atoms with Gasteiger partial charge in [0.05, 0.1) is 36.8 Å². The minimum absolute atomic E-state index is 0.0598. The first-order valence-corrected chi connectivity index (χ1v) is 20.3. The maximum Gasteiger partial charge on any atom is 0.328 e. The average Bonchev–Trinajstić information content (AvgIpc) is 3.87. The number of nitrogens with zero attached hydrogens (tertiary/aromatic N) is 2. The number of amides is 2. The first-order valence-electron chi connectivity index (χ1n) is 19.9. The van der Waals surface area contributed by atoms with Crippen molar-refractivity contribution in [1.82, 2.24) is 4.90 Å². The molecule has 2 aromatic rings. The number of anilines is 1. The number of hydrogen-bond donors (Lipinski definition) is 1. The van der Waals surface area contributed by atoms with Crippen LogP contribution in [-0.2, 0) is 46.2 Å². The third kappa shape index (κ3) is 9.62. The zero-order valence-corrected chi connectivity index (χ0v) is 36.3. The first kappa shape index (κ1) is 44.9. The third-order valence-electron chi connectivity index (χ3n) is 11.9. The van der Waals surface area contributed by atoms with Crippen molar-refractivity contribution in [2.75, 3.05) is 33.2 Å². The molecule has 12 nitrogen and oxygen atoms in total. The van der Waals surface area contributed by atoms with Crippen LogP contribution in [-0.4, -0.2) is 104 Å². The lowest BCUT2D eigenvalue weighted by molar-refractivity contribution is -0.187. The second kappa shape index (κ2) is 17.9. The highest BCUT2D eigenvalue weighted by atomic mass is 35.5. The van der Waals surface area contributed by atoms with E-state index in [-0.39, 0.29) is 25.2 Å². The maximum atomic E-state index is 14.3. The number of esters is 2. The van der Waals surface area contributed by atoms with Gasteiger partial charge in [-0.05, 0) is 81.3 Å². The molecular formula is C45H59ClN2O10. The Morgan fingerprint density at radius 3 is 2.48 bits per heavy atom. The van der Waals surface area contributed by atoms with Crippen molar-refractivity contribution in [2.45, 2.75) is 122 Å². The molecule has 3 aliphatic heterocycles. The minimum Gasteiger partial charge on any atom is -0.496 e. The molecule has 13 heteroatoms. The normalized spacial score (nSPS) is 29.7. The van der Waals surface area contributed by atoms with E-state index in [9.17, 15) is 24.3 Å². The Labute approximate surface area is 347 Å². The first-order chi connectivity index (χ1) is 27.2. The van der Waals surface area contributed by atoms with E-state index >= 15 is 0 Å².